The van der Waals surface area contributed by atoms with Crippen LogP contribution in [0.2, 0.25) is 0 Å². The van der Waals surface area contributed by atoms with E-state index in [0.29, 0.717) is 11.3 Å². The molecule has 0 atom stereocenters. The average Bonchev–Trinajstić information content (AvgIpc) is 2.85. The van der Waals surface area contributed by atoms with Crippen LogP contribution >= 0.6 is 0 Å². The van der Waals surface area contributed by atoms with Gasteiger partial charge in [0.05, 0.1) is 5.56 Å². The Kier molecular flexibility index (Phi) is 9.67. The summed E-state index contributed by atoms with van der Waals surface area (Å²) in [4.78, 5) is 25.1. The molecule has 0 aliphatic rings. The van der Waals surface area contributed by atoms with E-state index in [2.05, 4.69) is 19.1 Å². The van der Waals surface area contributed by atoms with Gasteiger partial charge in [-0.1, -0.05) is 81.5 Å². The number of carbonyl (C=O) groups excluding carboxylic acids is 2. The van der Waals surface area contributed by atoms with Crippen LogP contribution in [0, 0.1) is 0 Å². The van der Waals surface area contributed by atoms with E-state index < -0.39 is 5.97 Å². The first-order valence-corrected chi connectivity index (χ1v) is 12.2. The number of nitrogens with two attached hydrogens (primary N) is 2. The molecule has 0 aromatic heterocycles. The molecule has 5 nitrogen and oxygen atoms in total. The predicted octanol–water partition coefficient (Wildman–Crippen LogP) is 6.87. The van der Waals surface area contributed by atoms with Crippen molar-refractivity contribution < 1.29 is 14.3 Å². The van der Waals surface area contributed by atoms with Gasteiger partial charge >= 0.3 is 5.97 Å². The first-order valence-electron chi connectivity index (χ1n) is 12.2. The molecular formula is C30H34N2O3. The number of esters is 1. The van der Waals surface area contributed by atoms with Gasteiger partial charge in [-0.05, 0) is 60.4 Å². The van der Waals surface area contributed by atoms with E-state index in [1.165, 1.54) is 62.3 Å². The van der Waals surface area contributed by atoms with E-state index in [1.807, 2.05) is 12.1 Å². The van der Waals surface area contributed by atoms with Crippen LogP contribution in [-0.2, 0) is 6.42 Å². The van der Waals surface area contributed by atoms with Crippen LogP contribution in [-0.4, -0.2) is 11.8 Å². The minimum absolute atomic E-state index is 0.175. The lowest BCUT2D eigenvalue weighted by Gasteiger charge is -2.08. The summed E-state index contributed by atoms with van der Waals surface area (Å²) in [6.45, 7) is 2.23. The van der Waals surface area contributed by atoms with Crippen LogP contribution in [0.5, 0.6) is 5.75 Å². The highest BCUT2D eigenvalue weighted by molar-refractivity contribution is 6.07. The van der Waals surface area contributed by atoms with Gasteiger partial charge in [-0.3, -0.25) is 4.79 Å². The highest BCUT2D eigenvalue weighted by atomic mass is 16.5. The highest BCUT2D eigenvalue weighted by Crippen LogP contribution is 2.20. The fourth-order valence-corrected chi connectivity index (χ4v) is 3.81. The van der Waals surface area contributed by atoms with Crippen molar-refractivity contribution in [3.8, 4) is 5.75 Å². The summed E-state index contributed by atoms with van der Waals surface area (Å²) in [5, 5.41) is 0. The Balaban J connectivity index is 1.54. The zero-order chi connectivity index (χ0) is 25.0. The Labute approximate surface area is 207 Å². The summed E-state index contributed by atoms with van der Waals surface area (Å²) in [5.74, 6) is -0.515. The van der Waals surface area contributed by atoms with Gasteiger partial charge in [-0.15, -0.1) is 0 Å². The second-order valence-electron chi connectivity index (χ2n) is 8.72. The Morgan fingerprint density at radius 2 is 1.60 bits per heavy atom. The van der Waals surface area contributed by atoms with Crippen molar-refractivity contribution in [2.24, 2.45) is 0 Å². The number of anilines is 2. The monoisotopic (exact) mass is 470 g/mol. The molecule has 0 spiro atoms. The predicted molar refractivity (Wildman–Crippen MR) is 144 cm³/mol. The molecular weight excluding hydrogens is 436 g/mol. The molecule has 0 unspecified atom stereocenters. The summed E-state index contributed by atoms with van der Waals surface area (Å²) in [6.07, 6.45) is 12.1. The number of rotatable bonds is 12. The van der Waals surface area contributed by atoms with Gasteiger partial charge in [0.1, 0.15) is 5.75 Å². The lowest BCUT2D eigenvalue weighted by atomic mass is 10.0. The number of hydrogen-bond donors (Lipinski definition) is 2. The SMILES string of the molecule is CCCCCCCCc1ccc(/C=C/C(=O)c2cccc(OC(=O)c3ccc(N)cc3N)c2)cc1. The maximum Gasteiger partial charge on any atom is 0.345 e. The van der Waals surface area contributed by atoms with Crippen LogP contribution < -0.4 is 16.2 Å². The summed E-state index contributed by atoms with van der Waals surface area (Å²) in [7, 11) is 0. The molecule has 35 heavy (non-hydrogen) atoms. The number of benzene rings is 3. The van der Waals surface area contributed by atoms with Gasteiger partial charge in [0.2, 0.25) is 0 Å². The number of nitrogen functional groups attached to an aromatic ring is 2. The summed E-state index contributed by atoms with van der Waals surface area (Å²) in [6, 6.07) is 19.4. The van der Waals surface area contributed by atoms with Crippen LogP contribution in [0.25, 0.3) is 6.08 Å². The van der Waals surface area contributed by atoms with Crippen LogP contribution in [0.15, 0.2) is 72.8 Å². The van der Waals surface area contributed by atoms with E-state index in [4.69, 9.17) is 16.2 Å². The zero-order valence-corrected chi connectivity index (χ0v) is 20.3. The largest absolute Gasteiger partial charge is 0.423 e. The molecule has 3 rings (SSSR count). The minimum atomic E-state index is -0.608. The second kappa shape index (κ2) is 13.1. The van der Waals surface area contributed by atoms with Crippen LogP contribution in [0.4, 0.5) is 11.4 Å². The third-order valence-electron chi connectivity index (χ3n) is 5.85. The lowest BCUT2D eigenvalue weighted by Crippen LogP contribution is -2.11. The second-order valence-corrected chi connectivity index (χ2v) is 8.72. The molecule has 0 aliphatic heterocycles. The van der Waals surface area contributed by atoms with Gasteiger partial charge in [0, 0.05) is 16.9 Å². The fourth-order valence-electron chi connectivity index (χ4n) is 3.81. The molecule has 0 amide bonds. The van der Waals surface area contributed by atoms with Gasteiger partial charge in [-0.2, -0.15) is 0 Å². The molecule has 0 heterocycles. The van der Waals surface area contributed by atoms with Gasteiger partial charge < -0.3 is 16.2 Å². The molecule has 0 radical (unpaired) electrons. The van der Waals surface area contributed by atoms with Crippen molar-refractivity contribution in [1.29, 1.82) is 0 Å². The van der Waals surface area contributed by atoms with E-state index in [9.17, 15) is 9.59 Å². The number of unbranched alkanes of at least 4 members (excludes halogenated alkanes) is 5. The number of aryl methyl sites for hydroxylation is 1. The molecule has 182 valence electrons. The van der Waals surface area contributed by atoms with E-state index in [0.717, 1.165) is 12.0 Å². The zero-order valence-electron chi connectivity index (χ0n) is 20.3. The number of ketones is 1. The Bertz CT molecular complexity index is 1170. The standard InChI is InChI=1S/C30H34N2O3/c1-2-3-4-5-6-7-9-22-12-14-23(15-13-22)16-19-29(33)24-10-8-11-26(20-24)35-30(34)27-18-17-25(31)21-28(27)32/h8,10-21H,2-7,9,31-32H2,1H3/b19-16+. The maximum absolute atomic E-state index is 12.7. The normalized spacial score (nSPS) is 11.0. The van der Waals surface area contributed by atoms with Crippen LogP contribution in [0.3, 0.4) is 0 Å². The Morgan fingerprint density at radius 3 is 2.34 bits per heavy atom. The molecule has 3 aromatic carbocycles. The highest BCUT2D eigenvalue weighted by Gasteiger charge is 2.13. The first-order chi connectivity index (χ1) is 17.0. The summed E-state index contributed by atoms with van der Waals surface area (Å²) < 4.78 is 5.41. The van der Waals surface area contributed by atoms with Gasteiger partial charge in [0.25, 0.3) is 0 Å². The maximum atomic E-state index is 12.7. The lowest BCUT2D eigenvalue weighted by molar-refractivity contribution is 0.0735. The van der Waals surface area contributed by atoms with Crippen molar-refractivity contribution in [3.05, 3.63) is 95.1 Å². The van der Waals surface area contributed by atoms with Crippen molar-refractivity contribution in [2.45, 2.75) is 51.9 Å². The molecule has 5 heteroatoms. The van der Waals surface area contributed by atoms with Gasteiger partial charge in [-0.25, -0.2) is 4.79 Å². The molecule has 0 saturated carbocycles. The quantitative estimate of drug-likeness (QED) is 0.0752. The molecule has 0 aliphatic carbocycles. The van der Waals surface area contributed by atoms with Crippen molar-refractivity contribution in [2.75, 3.05) is 11.5 Å². The number of hydrogen-bond acceptors (Lipinski definition) is 5. The molecule has 3 aromatic rings. The minimum Gasteiger partial charge on any atom is -0.423 e. The Morgan fingerprint density at radius 1 is 0.857 bits per heavy atom. The van der Waals surface area contributed by atoms with E-state index >= 15 is 0 Å². The first kappa shape index (κ1) is 25.8. The third kappa shape index (κ3) is 8.14. The number of carbonyl (C=O) groups is 2. The van der Waals surface area contributed by atoms with E-state index in [1.54, 1.807) is 36.4 Å². The number of ether oxygens (including phenoxy) is 1. The van der Waals surface area contributed by atoms with Crippen molar-refractivity contribution >= 4 is 29.2 Å². The summed E-state index contributed by atoms with van der Waals surface area (Å²) in [5.41, 5.74) is 15.2. The molecule has 0 bridgehead atoms. The topological polar surface area (TPSA) is 95.4 Å². The summed E-state index contributed by atoms with van der Waals surface area (Å²) >= 11 is 0. The molecule has 0 saturated heterocycles. The molecule has 0 fully saturated rings. The van der Waals surface area contributed by atoms with Crippen LogP contribution in [0.1, 0.15) is 77.3 Å². The van der Waals surface area contributed by atoms with Gasteiger partial charge in [0.15, 0.2) is 5.78 Å². The molecule has 4 N–H and O–H groups in total. The average molecular weight is 471 g/mol. The van der Waals surface area contributed by atoms with Crippen molar-refractivity contribution in [3.63, 3.8) is 0 Å². The number of allylic oxidation sites excluding steroid dienone is 1. The third-order valence-corrected chi connectivity index (χ3v) is 5.85. The van der Waals surface area contributed by atoms with E-state index in [-0.39, 0.29) is 22.8 Å². The fraction of sp³-hybridized carbons (Fsp3) is 0.267. The van der Waals surface area contributed by atoms with Crippen molar-refractivity contribution in [1.82, 2.24) is 0 Å². The Hall–Kier alpha value is -3.86. The smallest absolute Gasteiger partial charge is 0.345 e.